The Bertz CT molecular complexity index is 1190. The van der Waals surface area contributed by atoms with Crippen LogP contribution in [0.25, 0.3) is 12.2 Å². The third-order valence-electron chi connectivity index (χ3n) is 7.28. The fraction of sp³-hybridized carbons (Fsp3) is 0.290. The van der Waals surface area contributed by atoms with Gasteiger partial charge in [0.2, 0.25) is 0 Å². The van der Waals surface area contributed by atoms with Crippen LogP contribution in [0.1, 0.15) is 61.3 Å². The van der Waals surface area contributed by atoms with Gasteiger partial charge in [-0.2, -0.15) is 0 Å². The van der Waals surface area contributed by atoms with Crippen molar-refractivity contribution in [2.45, 2.75) is 44.4 Å². The number of carbonyl (C=O) groups is 2. The number of benzene rings is 2. The quantitative estimate of drug-likeness (QED) is 0.384. The standard InChI is InChI=1S/C31H30O3/c32-30-24(20-22-10-3-1-4-11-22)14-7-17-27(30)29(23-12-5-2-6-13-23)28-18-8-15-25(31(28)33)21-26-16-9-19-34-26/h1-6,9-13,16,19-21,27-29H,7-8,14-15,17-18H2/b24-20+,25-21+. The summed E-state index contributed by atoms with van der Waals surface area (Å²) in [6, 6.07) is 24.0. The first-order valence-electron chi connectivity index (χ1n) is 12.3. The van der Waals surface area contributed by atoms with E-state index in [0.29, 0.717) is 5.76 Å². The highest BCUT2D eigenvalue weighted by Crippen LogP contribution is 2.45. The predicted octanol–water partition coefficient (Wildman–Crippen LogP) is 7.27. The third-order valence-corrected chi connectivity index (χ3v) is 7.28. The van der Waals surface area contributed by atoms with E-state index in [2.05, 4.69) is 12.1 Å². The molecule has 1 heterocycles. The Balaban J connectivity index is 1.50. The molecule has 2 aromatic carbocycles. The van der Waals surface area contributed by atoms with E-state index in [1.807, 2.05) is 72.8 Å². The van der Waals surface area contributed by atoms with Crippen LogP contribution >= 0.6 is 0 Å². The van der Waals surface area contributed by atoms with Crippen LogP contribution in [0, 0.1) is 11.8 Å². The summed E-state index contributed by atoms with van der Waals surface area (Å²) in [7, 11) is 0. The lowest BCUT2D eigenvalue weighted by Gasteiger charge is -2.37. The molecule has 2 aliphatic carbocycles. The molecule has 3 unspecified atom stereocenters. The summed E-state index contributed by atoms with van der Waals surface area (Å²) in [6.07, 6.45) is 10.7. The molecule has 3 aromatic rings. The molecule has 3 atom stereocenters. The summed E-state index contributed by atoms with van der Waals surface area (Å²) in [5.74, 6) is 0.607. The summed E-state index contributed by atoms with van der Waals surface area (Å²) in [5, 5.41) is 0. The lowest BCUT2D eigenvalue weighted by molar-refractivity contribution is -0.125. The Morgan fingerprint density at radius 3 is 1.88 bits per heavy atom. The van der Waals surface area contributed by atoms with E-state index in [1.165, 1.54) is 0 Å². The molecular formula is C31H30O3. The van der Waals surface area contributed by atoms with E-state index in [-0.39, 0.29) is 29.3 Å². The van der Waals surface area contributed by atoms with Gasteiger partial charge in [-0.25, -0.2) is 0 Å². The van der Waals surface area contributed by atoms with Gasteiger partial charge in [-0.05, 0) is 85.1 Å². The number of hydrogen-bond acceptors (Lipinski definition) is 3. The molecule has 34 heavy (non-hydrogen) atoms. The minimum Gasteiger partial charge on any atom is -0.465 e. The second kappa shape index (κ2) is 10.2. The zero-order valence-electron chi connectivity index (χ0n) is 19.4. The Morgan fingerprint density at radius 1 is 0.706 bits per heavy atom. The summed E-state index contributed by atoms with van der Waals surface area (Å²) < 4.78 is 5.48. The summed E-state index contributed by atoms with van der Waals surface area (Å²) in [4.78, 5) is 27.6. The number of rotatable bonds is 5. The van der Waals surface area contributed by atoms with Gasteiger partial charge in [-0.15, -0.1) is 0 Å². The van der Waals surface area contributed by atoms with Crippen LogP contribution < -0.4 is 0 Å². The first-order chi connectivity index (χ1) is 16.7. The van der Waals surface area contributed by atoms with Crippen molar-refractivity contribution < 1.29 is 14.0 Å². The van der Waals surface area contributed by atoms with Gasteiger partial charge in [-0.3, -0.25) is 9.59 Å². The Labute approximate surface area is 201 Å². The first-order valence-corrected chi connectivity index (χ1v) is 12.3. The molecule has 172 valence electrons. The van der Waals surface area contributed by atoms with Gasteiger partial charge in [0.15, 0.2) is 11.6 Å². The molecule has 0 radical (unpaired) electrons. The average molecular weight is 451 g/mol. The fourth-order valence-electron chi connectivity index (χ4n) is 5.70. The van der Waals surface area contributed by atoms with Crippen LogP contribution in [0.5, 0.6) is 0 Å². The maximum Gasteiger partial charge on any atom is 0.162 e. The monoisotopic (exact) mass is 450 g/mol. The molecular weight excluding hydrogens is 420 g/mol. The minimum absolute atomic E-state index is 0.110. The van der Waals surface area contributed by atoms with Gasteiger partial charge in [0.05, 0.1) is 6.26 Å². The van der Waals surface area contributed by atoms with E-state index in [9.17, 15) is 9.59 Å². The smallest absolute Gasteiger partial charge is 0.162 e. The minimum atomic E-state index is -0.192. The van der Waals surface area contributed by atoms with E-state index in [1.54, 1.807) is 6.26 Å². The molecule has 3 nitrogen and oxygen atoms in total. The second-order valence-electron chi connectivity index (χ2n) is 9.43. The zero-order valence-corrected chi connectivity index (χ0v) is 19.4. The lowest BCUT2D eigenvalue weighted by Crippen LogP contribution is -2.36. The molecule has 1 aromatic heterocycles. The van der Waals surface area contributed by atoms with Crippen molar-refractivity contribution in [3.63, 3.8) is 0 Å². The molecule has 0 aliphatic heterocycles. The van der Waals surface area contributed by atoms with Crippen molar-refractivity contribution in [3.05, 3.63) is 107 Å². The number of hydrogen-bond donors (Lipinski definition) is 0. The highest BCUT2D eigenvalue weighted by Gasteiger charge is 2.42. The summed E-state index contributed by atoms with van der Waals surface area (Å²) >= 11 is 0. The van der Waals surface area contributed by atoms with Gasteiger partial charge >= 0.3 is 0 Å². The van der Waals surface area contributed by atoms with Crippen molar-refractivity contribution >= 4 is 23.7 Å². The molecule has 2 aliphatic rings. The van der Waals surface area contributed by atoms with E-state index in [0.717, 1.165) is 60.8 Å². The highest BCUT2D eigenvalue weighted by atomic mass is 16.3. The maximum atomic E-state index is 13.8. The first kappa shape index (κ1) is 22.3. The van der Waals surface area contributed by atoms with Gasteiger partial charge < -0.3 is 4.42 Å². The normalized spacial score (nSPS) is 24.5. The molecule has 3 heteroatoms. The third kappa shape index (κ3) is 4.75. The molecule has 0 saturated heterocycles. The van der Waals surface area contributed by atoms with Gasteiger partial charge in [-0.1, -0.05) is 60.7 Å². The van der Waals surface area contributed by atoms with Crippen LogP contribution in [0.3, 0.4) is 0 Å². The number of Topliss-reactive ketones (excluding diaryl/α,β-unsaturated/α-hetero) is 2. The van der Waals surface area contributed by atoms with Gasteiger partial charge in [0.25, 0.3) is 0 Å². The molecule has 2 saturated carbocycles. The van der Waals surface area contributed by atoms with E-state index >= 15 is 0 Å². The van der Waals surface area contributed by atoms with Crippen LogP contribution in [-0.2, 0) is 9.59 Å². The Kier molecular flexibility index (Phi) is 6.71. The number of allylic oxidation sites excluding steroid dienone is 2. The van der Waals surface area contributed by atoms with Crippen LogP contribution in [-0.4, -0.2) is 11.6 Å². The molecule has 0 N–H and O–H groups in total. The predicted molar refractivity (Wildman–Crippen MR) is 135 cm³/mol. The van der Waals surface area contributed by atoms with Crippen molar-refractivity contribution in [1.82, 2.24) is 0 Å². The topological polar surface area (TPSA) is 47.3 Å². The number of ketones is 2. The van der Waals surface area contributed by atoms with Crippen LogP contribution in [0.2, 0.25) is 0 Å². The van der Waals surface area contributed by atoms with Crippen LogP contribution in [0.15, 0.2) is 94.6 Å². The lowest BCUT2D eigenvalue weighted by atomic mass is 9.64. The van der Waals surface area contributed by atoms with Crippen molar-refractivity contribution in [2.75, 3.05) is 0 Å². The highest BCUT2D eigenvalue weighted by molar-refractivity contribution is 6.05. The molecule has 2 fully saturated rings. The Morgan fingerprint density at radius 2 is 1.29 bits per heavy atom. The second-order valence-corrected chi connectivity index (χ2v) is 9.43. The SMILES string of the molecule is O=C1/C(=C/c2ccccc2)CCCC1C(c1ccccc1)C1CCC/C(=C\c2ccco2)C1=O. The Hall–Kier alpha value is -3.46. The van der Waals surface area contributed by atoms with Crippen molar-refractivity contribution in [1.29, 1.82) is 0 Å². The molecule has 0 amide bonds. The average Bonchev–Trinajstić information content (AvgIpc) is 3.38. The molecule has 0 spiro atoms. The zero-order chi connectivity index (χ0) is 23.3. The number of carbonyl (C=O) groups excluding carboxylic acids is 2. The summed E-state index contributed by atoms with van der Waals surface area (Å²) in [6.45, 7) is 0. The van der Waals surface area contributed by atoms with Crippen LogP contribution in [0.4, 0.5) is 0 Å². The molecule has 5 rings (SSSR count). The van der Waals surface area contributed by atoms with E-state index in [4.69, 9.17) is 4.42 Å². The van der Waals surface area contributed by atoms with Crippen molar-refractivity contribution in [3.8, 4) is 0 Å². The molecule has 0 bridgehead atoms. The van der Waals surface area contributed by atoms with E-state index < -0.39 is 0 Å². The van der Waals surface area contributed by atoms with Crippen molar-refractivity contribution in [2.24, 2.45) is 11.8 Å². The van der Waals surface area contributed by atoms with Gasteiger partial charge in [0.1, 0.15) is 5.76 Å². The maximum absolute atomic E-state index is 13.8. The largest absolute Gasteiger partial charge is 0.465 e. The number of furan rings is 1. The summed E-state index contributed by atoms with van der Waals surface area (Å²) in [5.41, 5.74) is 3.85. The van der Waals surface area contributed by atoms with Gasteiger partial charge in [0, 0.05) is 17.8 Å². The fourth-order valence-corrected chi connectivity index (χ4v) is 5.70.